The molecule has 0 unspecified atom stereocenters. The first-order valence-electron chi connectivity index (χ1n) is 4.54. The number of hydrogen-bond donors (Lipinski definition) is 0. The van der Waals surface area contributed by atoms with E-state index in [0.29, 0.717) is 0 Å². The quantitative estimate of drug-likeness (QED) is 0.671. The minimum absolute atomic E-state index is 0.112. The summed E-state index contributed by atoms with van der Waals surface area (Å²) in [6, 6.07) is 6.95. The zero-order valence-electron chi connectivity index (χ0n) is 7.37. The summed E-state index contributed by atoms with van der Waals surface area (Å²) in [6.07, 6.45) is 2.48. The van der Waals surface area contributed by atoms with E-state index in [1.165, 1.54) is 30.9 Å². The van der Waals surface area contributed by atoms with E-state index < -0.39 is 0 Å². The van der Waals surface area contributed by atoms with Crippen LogP contribution in [0.4, 0.5) is 4.39 Å². The third kappa shape index (κ3) is 2.23. The number of benzene rings is 1. The molecule has 1 fully saturated rings. The molecule has 2 rings (SSSR count). The van der Waals surface area contributed by atoms with E-state index in [-0.39, 0.29) is 5.82 Å². The molecule has 1 saturated heterocycles. The van der Waals surface area contributed by atoms with Crippen LogP contribution in [-0.4, -0.2) is 17.4 Å². The first-order chi connectivity index (χ1) is 6.36. The maximum Gasteiger partial charge on any atom is 0.138 e. The Balaban J connectivity index is 2.04. The number of nitrogens with zero attached hydrogens (tertiary/aromatic N) is 1. The van der Waals surface area contributed by atoms with E-state index in [1.807, 2.05) is 12.1 Å². The molecule has 1 aromatic rings. The Hall–Kier alpha value is -0.540. The van der Waals surface area contributed by atoms with Gasteiger partial charge in [0.1, 0.15) is 5.82 Å². The van der Waals surface area contributed by atoms with Crippen molar-refractivity contribution >= 4 is 11.9 Å². The van der Waals surface area contributed by atoms with Crippen LogP contribution in [-0.2, 0) is 0 Å². The van der Waals surface area contributed by atoms with Gasteiger partial charge in [0.05, 0.1) is 4.90 Å². The summed E-state index contributed by atoms with van der Waals surface area (Å²) in [4.78, 5) is 0.740. The van der Waals surface area contributed by atoms with E-state index >= 15 is 0 Å². The van der Waals surface area contributed by atoms with Crippen molar-refractivity contribution in [3.63, 3.8) is 0 Å². The van der Waals surface area contributed by atoms with E-state index in [0.717, 1.165) is 18.0 Å². The monoisotopic (exact) mass is 197 g/mol. The molecule has 1 heterocycles. The highest BCUT2D eigenvalue weighted by Gasteiger charge is 2.14. The van der Waals surface area contributed by atoms with Gasteiger partial charge in [-0.25, -0.2) is 8.70 Å². The predicted octanol–water partition coefficient (Wildman–Crippen LogP) is 2.93. The summed E-state index contributed by atoms with van der Waals surface area (Å²) < 4.78 is 15.4. The van der Waals surface area contributed by atoms with Crippen LogP contribution < -0.4 is 0 Å². The first kappa shape index (κ1) is 9.03. The van der Waals surface area contributed by atoms with Crippen molar-refractivity contribution in [2.24, 2.45) is 0 Å². The van der Waals surface area contributed by atoms with Gasteiger partial charge in [0.2, 0.25) is 0 Å². The van der Waals surface area contributed by atoms with Gasteiger partial charge in [-0.2, -0.15) is 0 Å². The third-order valence-electron chi connectivity index (χ3n) is 2.13. The Labute approximate surface area is 82.1 Å². The van der Waals surface area contributed by atoms with Gasteiger partial charge >= 0.3 is 0 Å². The van der Waals surface area contributed by atoms with Crippen LogP contribution >= 0.6 is 11.9 Å². The van der Waals surface area contributed by atoms with Crippen LogP contribution in [0.15, 0.2) is 29.2 Å². The summed E-state index contributed by atoms with van der Waals surface area (Å²) in [5.41, 5.74) is 0. The van der Waals surface area contributed by atoms with E-state index in [2.05, 4.69) is 4.31 Å². The van der Waals surface area contributed by atoms with Gasteiger partial charge in [-0.3, -0.25) is 0 Å². The molecule has 0 aliphatic carbocycles. The van der Waals surface area contributed by atoms with Crippen molar-refractivity contribution in [3.05, 3.63) is 30.1 Å². The lowest BCUT2D eigenvalue weighted by molar-refractivity contribution is 0.571. The molecule has 0 bridgehead atoms. The fourth-order valence-corrected chi connectivity index (χ4v) is 2.45. The normalized spacial score (nSPS) is 17.9. The Kier molecular flexibility index (Phi) is 2.86. The molecular weight excluding hydrogens is 185 g/mol. The zero-order valence-corrected chi connectivity index (χ0v) is 8.19. The minimum Gasteiger partial charge on any atom is -0.246 e. The minimum atomic E-state index is -0.112. The average Bonchev–Trinajstić information content (AvgIpc) is 2.61. The molecule has 1 aliphatic heterocycles. The third-order valence-corrected chi connectivity index (χ3v) is 3.28. The van der Waals surface area contributed by atoms with Crippen molar-refractivity contribution < 1.29 is 4.39 Å². The summed E-state index contributed by atoms with van der Waals surface area (Å²) in [5.74, 6) is -0.112. The fraction of sp³-hybridized carbons (Fsp3) is 0.400. The summed E-state index contributed by atoms with van der Waals surface area (Å²) in [6.45, 7) is 2.16. The van der Waals surface area contributed by atoms with Crippen molar-refractivity contribution in [1.29, 1.82) is 0 Å². The summed E-state index contributed by atoms with van der Waals surface area (Å²) in [7, 11) is 0. The Bertz CT molecular complexity index is 284. The van der Waals surface area contributed by atoms with Gasteiger partial charge in [-0.15, -0.1) is 0 Å². The van der Waals surface area contributed by atoms with Gasteiger partial charge in [0.15, 0.2) is 0 Å². The average molecular weight is 197 g/mol. The molecule has 0 N–H and O–H groups in total. The second-order valence-corrected chi connectivity index (χ2v) is 4.30. The Morgan fingerprint density at radius 1 is 1.15 bits per heavy atom. The molecule has 0 radical (unpaired) electrons. The van der Waals surface area contributed by atoms with E-state index in [4.69, 9.17) is 0 Å². The molecule has 1 aromatic carbocycles. The second kappa shape index (κ2) is 4.11. The second-order valence-electron chi connectivity index (χ2n) is 3.16. The van der Waals surface area contributed by atoms with Crippen LogP contribution in [0.25, 0.3) is 0 Å². The molecule has 0 amide bonds. The maximum atomic E-state index is 13.2. The van der Waals surface area contributed by atoms with E-state index in [1.54, 1.807) is 6.07 Å². The van der Waals surface area contributed by atoms with Crippen LogP contribution in [0.1, 0.15) is 12.8 Å². The zero-order chi connectivity index (χ0) is 9.10. The lowest BCUT2D eigenvalue weighted by Crippen LogP contribution is -2.08. The Morgan fingerprint density at radius 3 is 2.54 bits per heavy atom. The number of halogens is 1. The first-order valence-corrected chi connectivity index (χ1v) is 5.31. The van der Waals surface area contributed by atoms with Gasteiger partial charge in [0.25, 0.3) is 0 Å². The maximum absolute atomic E-state index is 13.2. The van der Waals surface area contributed by atoms with E-state index in [9.17, 15) is 4.39 Å². The SMILES string of the molecule is Fc1ccccc1SN1CCCC1. The molecule has 13 heavy (non-hydrogen) atoms. The highest BCUT2D eigenvalue weighted by atomic mass is 32.2. The van der Waals surface area contributed by atoms with Gasteiger partial charge in [-0.05, 0) is 36.9 Å². The van der Waals surface area contributed by atoms with Crippen molar-refractivity contribution in [2.45, 2.75) is 17.7 Å². The molecule has 0 saturated carbocycles. The van der Waals surface area contributed by atoms with Crippen molar-refractivity contribution in [1.82, 2.24) is 4.31 Å². The standard InChI is InChI=1S/C10H12FNS/c11-9-5-1-2-6-10(9)13-12-7-3-4-8-12/h1-2,5-6H,3-4,7-8H2. The van der Waals surface area contributed by atoms with Crippen LogP contribution in [0.2, 0.25) is 0 Å². The van der Waals surface area contributed by atoms with Crippen LogP contribution in [0.3, 0.4) is 0 Å². The highest BCUT2D eigenvalue weighted by Crippen LogP contribution is 2.28. The highest BCUT2D eigenvalue weighted by molar-refractivity contribution is 7.97. The number of hydrogen-bond acceptors (Lipinski definition) is 2. The lowest BCUT2D eigenvalue weighted by atomic mass is 10.4. The fourth-order valence-electron chi connectivity index (χ4n) is 1.44. The molecule has 0 atom stereocenters. The molecular formula is C10H12FNS. The topological polar surface area (TPSA) is 3.24 Å². The summed E-state index contributed by atoms with van der Waals surface area (Å²) >= 11 is 1.54. The van der Waals surface area contributed by atoms with Crippen LogP contribution in [0, 0.1) is 5.82 Å². The smallest absolute Gasteiger partial charge is 0.138 e. The van der Waals surface area contributed by atoms with Gasteiger partial charge < -0.3 is 0 Å². The van der Waals surface area contributed by atoms with Gasteiger partial charge in [0, 0.05) is 13.1 Å². The molecule has 3 heteroatoms. The molecule has 1 nitrogen and oxygen atoms in total. The molecule has 0 aromatic heterocycles. The van der Waals surface area contributed by atoms with Crippen LogP contribution in [0.5, 0.6) is 0 Å². The largest absolute Gasteiger partial charge is 0.246 e. The van der Waals surface area contributed by atoms with Crippen molar-refractivity contribution in [2.75, 3.05) is 13.1 Å². The molecule has 70 valence electrons. The lowest BCUT2D eigenvalue weighted by Gasteiger charge is -2.12. The molecule has 0 spiro atoms. The van der Waals surface area contributed by atoms with Crippen molar-refractivity contribution in [3.8, 4) is 0 Å². The summed E-state index contributed by atoms with van der Waals surface area (Å²) in [5, 5.41) is 0. The Morgan fingerprint density at radius 2 is 1.85 bits per heavy atom. The van der Waals surface area contributed by atoms with Gasteiger partial charge in [-0.1, -0.05) is 12.1 Å². The number of rotatable bonds is 2. The predicted molar refractivity (Wildman–Crippen MR) is 53.1 cm³/mol. The molecule has 1 aliphatic rings.